The number of aliphatic carboxylic acids is 1. The number of likely N-dealkylation sites (N-methyl/N-ethyl adjacent to an activating group) is 1. The van der Waals surface area contributed by atoms with E-state index in [1.165, 1.54) is 45.3 Å². The lowest BCUT2D eigenvalue weighted by Crippen LogP contribution is -2.59. The lowest BCUT2D eigenvalue weighted by molar-refractivity contribution is -0.147. The Labute approximate surface area is 657 Å². The van der Waals surface area contributed by atoms with Crippen molar-refractivity contribution in [3.63, 3.8) is 0 Å². The molecule has 0 bridgehead atoms. The number of nitrogens with zero attached hydrogens (tertiary/aromatic N) is 4. The number of nitrogens with one attached hydrogen (secondary N) is 7. The van der Waals surface area contributed by atoms with Gasteiger partial charge in [-0.3, -0.25) is 48.1 Å². The van der Waals surface area contributed by atoms with Gasteiger partial charge in [0.15, 0.2) is 6.10 Å². The van der Waals surface area contributed by atoms with Crippen molar-refractivity contribution in [2.75, 3.05) is 96.8 Å². The lowest BCUT2D eigenvalue weighted by Gasteiger charge is -2.40. The zero-order valence-electron chi connectivity index (χ0n) is 66.9. The molecule has 8 atom stereocenters. The van der Waals surface area contributed by atoms with E-state index in [1.54, 1.807) is 18.7 Å². The normalized spacial score (nSPS) is 15.8. The molecule has 1 saturated heterocycles. The van der Waals surface area contributed by atoms with Gasteiger partial charge in [0.1, 0.15) is 34.6 Å². The second-order valence-corrected chi connectivity index (χ2v) is 30.8. The van der Waals surface area contributed by atoms with Crippen LogP contribution in [0, 0.1) is 29.0 Å². The molecular weight excluding hydrogens is 1450 g/mol. The average Bonchev–Trinajstić information content (AvgIpc) is 1.79. The molecule has 0 spiro atoms. The van der Waals surface area contributed by atoms with E-state index in [0.29, 0.717) is 57.7 Å². The molecule has 0 radical (unpaired) electrons. The van der Waals surface area contributed by atoms with Crippen LogP contribution in [0.3, 0.4) is 0 Å². The van der Waals surface area contributed by atoms with Crippen LogP contribution in [-0.2, 0) is 75.0 Å². The van der Waals surface area contributed by atoms with Gasteiger partial charge in [0.2, 0.25) is 41.4 Å². The second-order valence-electron chi connectivity index (χ2n) is 29.9. The third kappa shape index (κ3) is 29.7. The number of halogens is 1. The molecular formula is C82H120FN11O16S. The first-order valence-electron chi connectivity index (χ1n) is 39.2. The first-order chi connectivity index (χ1) is 53.0. The smallest absolute Gasteiger partial charge is 0.407 e. The van der Waals surface area contributed by atoms with Crippen LogP contribution in [0.25, 0.3) is 12.2 Å². The summed E-state index contributed by atoms with van der Waals surface area (Å²) in [5.74, 6) is -6.14. The van der Waals surface area contributed by atoms with Crippen molar-refractivity contribution in [1.29, 1.82) is 0 Å². The van der Waals surface area contributed by atoms with Crippen LogP contribution in [0.1, 0.15) is 197 Å². The van der Waals surface area contributed by atoms with E-state index in [2.05, 4.69) is 55.2 Å². The molecule has 0 aliphatic carbocycles. The highest BCUT2D eigenvalue weighted by Crippen LogP contribution is 2.34. The van der Waals surface area contributed by atoms with E-state index in [0.717, 1.165) is 78.4 Å². The van der Waals surface area contributed by atoms with Crippen LogP contribution >= 0.6 is 11.3 Å². The summed E-state index contributed by atoms with van der Waals surface area (Å²) in [7, 11) is 3.34. The largest absolute Gasteiger partial charge is 0.481 e. The summed E-state index contributed by atoms with van der Waals surface area (Å²) < 4.78 is 44.3. The van der Waals surface area contributed by atoms with Crippen LogP contribution < -0.4 is 42.1 Å². The van der Waals surface area contributed by atoms with E-state index < -0.39 is 89.2 Å². The summed E-state index contributed by atoms with van der Waals surface area (Å²) in [6.07, 6.45) is 8.92. The number of rotatable bonds is 47. The SMILES string of the molecule is CCCCCCN(C(=O)[C@@H](NC(=O)[C@H]1CCCCN1C)[C@@H](C)CC)[C@H](C[C@@H](OC(=O)NC)c1nc(C(=O)N[C@@H](Cc2ccc(NC(=O)[C@H](C)NC(=O)[C@@H](NC(=O)CCOCCOCCOCCOCCNC(=O)CCC(=O)N3Cc4ccccc4/C=C\c4ccccc43)C(C)C)c(F)c2)CC(C)(C)C(=O)O)cs1)C(C)C. The fourth-order valence-corrected chi connectivity index (χ4v) is 14.0. The van der Waals surface area contributed by atoms with E-state index >= 15 is 9.18 Å². The van der Waals surface area contributed by atoms with Gasteiger partial charge in [0, 0.05) is 63.3 Å². The molecule has 2 aliphatic heterocycles. The Morgan fingerprint density at radius 2 is 1.40 bits per heavy atom. The predicted octanol–water partition coefficient (Wildman–Crippen LogP) is 10.0. The number of thiazole rings is 1. The average molecular weight is 1570 g/mol. The number of carbonyl (C=O) groups is 10. The Bertz CT molecular complexity index is 3720. The van der Waals surface area contributed by atoms with Crippen molar-refractivity contribution >= 4 is 94.2 Å². The molecule has 612 valence electrons. The van der Waals surface area contributed by atoms with Gasteiger partial charge in [0.05, 0.1) is 82.2 Å². The van der Waals surface area contributed by atoms with Crippen LogP contribution in [0.5, 0.6) is 0 Å². The maximum absolute atomic E-state index is 16.1. The Morgan fingerprint density at radius 1 is 0.730 bits per heavy atom. The summed E-state index contributed by atoms with van der Waals surface area (Å²) in [5, 5.41) is 31.2. The summed E-state index contributed by atoms with van der Waals surface area (Å²) >= 11 is 1.07. The highest BCUT2D eigenvalue weighted by Gasteiger charge is 2.40. The number of para-hydroxylation sites is 1. The quantitative estimate of drug-likeness (QED) is 0.0191. The number of likely N-dealkylation sites (tertiary alicyclic amines) is 1. The molecule has 0 unspecified atom stereocenters. The number of carbonyl (C=O) groups excluding carboxylic acids is 9. The number of carboxylic acids is 1. The molecule has 29 heteroatoms. The first kappa shape index (κ1) is 91.1. The molecule has 9 amide bonds. The van der Waals surface area contributed by atoms with Crippen molar-refractivity contribution in [3.8, 4) is 0 Å². The van der Waals surface area contributed by atoms with Gasteiger partial charge in [-0.05, 0) is 125 Å². The number of unbranched alkanes of at least 4 members (excludes halogenated alkanes) is 3. The number of anilines is 2. The number of aromatic nitrogens is 1. The van der Waals surface area contributed by atoms with Crippen LogP contribution in [0.4, 0.5) is 20.6 Å². The van der Waals surface area contributed by atoms with E-state index in [9.17, 15) is 48.3 Å². The number of hydrogen-bond acceptors (Lipinski definition) is 18. The predicted molar refractivity (Wildman–Crippen MR) is 425 cm³/mol. The molecule has 0 saturated carbocycles. The fourth-order valence-electron chi connectivity index (χ4n) is 13.2. The number of piperidine rings is 1. The minimum absolute atomic E-state index is 0.0367. The van der Waals surface area contributed by atoms with Gasteiger partial charge in [-0.1, -0.05) is 141 Å². The van der Waals surface area contributed by atoms with Crippen molar-refractivity contribution < 1.29 is 81.1 Å². The highest BCUT2D eigenvalue weighted by atomic mass is 32.1. The third-order valence-corrected chi connectivity index (χ3v) is 21.0. The Balaban J connectivity index is 0.923. The van der Waals surface area contributed by atoms with Crippen molar-refractivity contribution in [2.45, 2.75) is 208 Å². The lowest BCUT2D eigenvalue weighted by atomic mass is 9.84. The number of benzene rings is 3. The standard InChI is InChI=1S/C82H120FN11O16S/c1-13-15-16-22-38-93(79(102)73(55(7)14-2)91-76(100)66-28-21-23-37-92(66)12)67(53(3)4)49-68(110-81(105)84-11)78-89-64(52-111-78)75(99)87-61(50-82(9,10)80(103)104)47-57-29-32-63(62(83)48-57)88-74(98)56(8)86-77(101)72(54(5)6)90-70(96)35-39-106-41-43-108-45-46-109-44-42-107-40-36-85-69(95)33-34-71(97)94-51-60-26-18-17-24-58(60)30-31-59-25-19-20-27-65(59)94/h17-20,24-27,29-32,48,52-56,61,66-68,72-73H,13-16,21-23,28,33-47,49-51H2,1-12H3,(H,84,105)(H,85,95)(H,86,101)(H,87,99)(H,88,98)(H,90,96)(H,91,100)(H,103,104)/b31-30-/t55-,56-,61-,66+,67+,68+,72-,73-/m0/s1. The van der Waals surface area contributed by atoms with Gasteiger partial charge in [0.25, 0.3) is 5.91 Å². The van der Waals surface area contributed by atoms with Gasteiger partial charge in [-0.15, -0.1) is 11.3 Å². The van der Waals surface area contributed by atoms with Crippen molar-refractivity contribution in [2.24, 2.45) is 23.2 Å². The molecule has 2 aliphatic rings. The summed E-state index contributed by atoms with van der Waals surface area (Å²) in [5.41, 5.74) is 2.46. The molecule has 6 rings (SSSR count). The molecule has 27 nitrogen and oxygen atoms in total. The monoisotopic (exact) mass is 1570 g/mol. The molecule has 3 heterocycles. The second kappa shape index (κ2) is 46.9. The zero-order valence-corrected chi connectivity index (χ0v) is 67.7. The van der Waals surface area contributed by atoms with Gasteiger partial charge >= 0.3 is 12.1 Å². The van der Waals surface area contributed by atoms with Crippen LogP contribution in [-0.4, -0.2) is 202 Å². The Morgan fingerprint density at radius 3 is 2.05 bits per heavy atom. The maximum atomic E-state index is 16.1. The minimum atomic E-state index is -1.38. The van der Waals surface area contributed by atoms with E-state index in [4.69, 9.17) is 23.7 Å². The number of alkyl carbamates (subject to hydrolysis) is 1. The molecule has 1 fully saturated rings. The van der Waals surface area contributed by atoms with E-state index in [1.807, 2.05) is 99.1 Å². The number of carboxylic acid groups (broad SMARTS) is 1. The molecule has 3 aromatic carbocycles. The summed E-state index contributed by atoms with van der Waals surface area (Å²) in [6.45, 7) is 21.6. The number of fused-ring (bicyclic) bond motifs is 2. The Kier molecular flexibility index (Phi) is 38.5. The number of amides is 9. The third-order valence-electron chi connectivity index (χ3n) is 20.0. The van der Waals surface area contributed by atoms with Crippen molar-refractivity contribution in [1.82, 2.24) is 46.7 Å². The Hall–Kier alpha value is -8.74. The zero-order chi connectivity index (χ0) is 81.2. The molecule has 4 aromatic rings. The van der Waals surface area contributed by atoms with Crippen LogP contribution in [0.15, 0.2) is 72.1 Å². The minimum Gasteiger partial charge on any atom is -0.481 e. The summed E-state index contributed by atoms with van der Waals surface area (Å²) in [4.78, 5) is 145. The number of ether oxygens (including phenoxy) is 5. The maximum Gasteiger partial charge on any atom is 0.407 e. The highest BCUT2D eigenvalue weighted by molar-refractivity contribution is 7.09. The molecule has 1 aromatic heterocycles. The molecule has 8 N–H and O–H groups in total. The number of hydrogen-bond donors (Lipinski definition) is 8. The van der Waals surface area contributed by atoms with Crippen molar-refractivity contribution in [3.05, 3.63) is 111 Å². The van der Waals surface area contributed by atoms with E-state index in [-0.39, 0.29) is 136 Å². The fraction of sp³-hybridized carbons (Fsp3) is 0.598. The first-order valence-corrected chi connectivity index (χ1v) is 40.0. The summed E-state index contributed by atoms with van der Waals surface area (Å²) in [6, 6.07) is 14.8. The van der Waals surface area contributed by atoms with Gasteiger partial charge in [-0.2, -0.15) is 0 Å². The molecule has 111 heavy (non-hydrogen) atoms. The topological polar surface area (TPSA) is 344 Å². The van der Waals surface area contributed by atoms with Gasteiger partial charge < -0.3 is 75.8 Å². The van der Waals surface area contributed by atoms with Crippen LogP contribution in [0.2, 0.25) is 0 Å². The van der Waals surface area contributed by atoms with Gasteiger partial charge in [-0.25, -0.2) is 14.2 Å².